The average molecular weight is 523 g/mol. The normalized spacial score (nSPS) is 24.3. The summed E-state index contributed by atoms with van der Waals surface area (Å²) in [5.74, 6) is -1.44. The fraction of sp³-hybridized carbons (Fsp3) is 0.348. The molecule has 184 valence electrons. The summed E-state index contributed by atoms with van der Waals surface area (Å²) in [6.07, 6.45) is -1.64. The van der Waals surface area contributed by atoms with E-state index in [0.717, 1.165) is 23.9 Å². The van der Waals surface area contributed by atoms with Crippen LogP contribution in [0.15, 0.2) is 41.4 Å². The van der Waals surface area contributed by atoms with E-state index in [9.17, 15) is 24.3 Å². The van der Waals surface area contributed by atoms with Crippen LogP contribution >= 0.6 is 23.4 Å². The molecule has 8 nitrogen and oxygen atoms in total. The summed E-state index contributed by atoms with van der Waals surface area (Å²) in [6, 6.07) is 8.30. The zero-order chi connectivity index (χ0) is 25.3. The first-order valence-corrected chi connectivity index (χ1v) is 11.7. The lowest BCUT2D eigenvalue weighted by Crippen LogP contribution is -2.55. The summed E-state index contributed by atoms with van der Waals surface area (Å²) in [7, 11) is 1.42. The zero-order valence-corrected chi connectivity index (χ0v) is 20.2. The Morgan fingerprint density at radius 2 is 2.00 bits per heavy atom. The van der Waals surface area contributed by atoms with Crippen molar-refractivity contribution >= 4 is 23.4 Å². The molecule has 0 unspecified atom stereocenters. The SMILES string of the molecule is CO[C@@H]1[C@@H](n2cc(-c3cc(F)c(C)c(F)c3)nn2)[C@@H](O)[C@@H](CO)O[C@@H]1Sc1cc(Cl)ccc1C#N. The number of hydrogen-bond acceptors (Lipinski definition) is 8. The van der Waals surface area contributed by atoms with Gasteiger partial charge >= 0.3 is 0 Å². The second-order valence-electron chi connectivity index (χ2n) is 7.93. The van der Waals surface area contributed by atoms with Gasteiger partial charge in [-0.2, -0.15) is 5.26 Å². The monoisotopic (exact) mass is 522 g/mol. The summed E-state index contributed by atoms with van der Waals surface area (Å²) >= 11 is 7.26. The highest BCUT2D eigenvalue weighted by Crippen LogP contribution is 2.41. The van der Waals surface area contributed by atoms with Crippen LogP contribution < -0.4 is 0 Å². The molecule has 1 saturated heterocycles. The van der Waals surface area contributed by atoms with E-state index < -0.39 is 48.0 Å². The van der Waals surface area contributed by atoms with Crippen molar-refractivity contribution in [1.29, 1.82) is 5.26 Å². The van der Waals surface area contributed by atoms with Crippen LogP contribution in [0.1, 0.15) is 17.2 Å². The molecule has 1 aliphatic heterocycles. The molecule has 0 amide bonds. The summed E-state index contributed by atoms with van der Waals surface area (Å²) in [6.45, 7) is 0.832. The van der Waals surface area contributed by atoms with E-state index in [1.165, 1.54) is 24.9 Å². The number of aliphatic hydroxyl groups is 2. The van der Waals surface area contributed by atoms with E-state index in [-0.39, 0.29) is 16.8 Å². The summed E-state index contributed by atoms with van der Waals surface area (Å²) in [5.41, 5.74) is -0.160. The number of halogens is 3. The molecule has 0 aliphatic carbocycles. The molecule has 1 fully saturated rings. The van der Waals surface area contributed by atoms with Gasteiger partial charge in [0, 0.05) is 28.2 Å². The van der Waals surface area contributed by atoms with Crippen LogP contribution in [0.4, 0.5) is 8.78 Å². The molecule has 2 N–H and O–H groups in total. The molecule has 0 bridgehead atoms. The quantitative estimate of drug-likeness (QED) is 0.506. The van der Waals surface area contributed by atoms with E-state index in [1.807, 2.05) is 0 Å². The topological polar surface area (TPSA) is 113 Å². The molecule has 0 spiro atoms. The van der Waals surface area contributed by atoms with Crippen molar-refractivity contribution in [2.45, 2.75) is 41.6 Å². The number of benzene rings is 2. The zero-order valence-electron chi connectivity index (χ0n) is 18.6. The molecule has 1 aliphatic rings. The van der Waals surface area contributed by atoms with Crippen molar-refractivity contribution in [3.63, 3.8) is 0 Å². The number of thioether (sulfide) groups is 1. The third-order valence-corrected chi connectivity index (χ3v) is 7.23. The Hall–Kier alpha value is -2.59. The summed E-state index contributed by atoms with van der Waals surface area (Å²) in [4.78, 5) is 0.531. The van der Waals surface area contributed by atoms with Crippen LogP contribution in [-0.4, -0.2) is 62.7 Å². The van der Waals surface area contributed by atoms with Gasteiger partial charge < -0.3 is 19.7 Å². The van der Waals surface area contributed by atoms with Crippen LogP contribution in [0.3, 0.4) is 0 Å². The smallest absolute Gasteiger partial charge is 0.136 e. The number of methoxy groups -OCH3 is 1. The van der Waals surface area contributed by atoms with Crippen LogP contribution in [0.25, 0.3) is 11.3 Å². The van der Waals surface area contributed by atoms with Crippen molar-refractivity contribution in [2.24, 2.45) is 0 Å². The lowest BCUT2D eigenvalue weighted by Gasteiger charge is -2.43. The largest absolute Gasteiger partial charge is 0.394 e. The molecule has 0 saturated carbocycles. The minimum absolute atomic E-state index is 0.108. The number of aromatic nitrogens is 3. The van der Waals surface area contributed by atoms with Crippen LogP contribution in [-0.2, 0) is 9.47 Å². The molecule has 5 atom stereocenters. The van der Waals surface area contributed by atoms with Gasteiger partial charge in [-0.25, -0.2) is 13.5 Å². The molecule has 3 aromatic rings. The van der Waals surface area contributed by atoms with Gasteiger partial charge in [0.25, 0.3) is 0 Å². The van der Waals surface area contributed by atoms with Crippen LogP contribution in [0, 0.1) is 29.9 Å². The van der Waals surface area contributed by atoms with Gasteiger partial charge in [0.15, 0.2) is 0 Å². The molecule has 2 heterocycles. The van der Waals surface area contributed by atoms with Crippen molar-refractivity contribution in [1.82, 2.24) is 15.0 Å². The first kappa shape index (κ1) is 25.5. The lowest BCUT2D eigenvalue weighted by molar-refractivity contribution is -0.186. The second kappa shape index (κ2) is 10.6. The molecule has 0 radical (unpaired) electrons. The number of ether oxygens (including phenoxy) is 2. The summed E-state index contributed by atoms with van der Waals surface area (Å²) in [5, 5.41) is 38.8. The average Bonchev–Trinajstić information content (AvgIpc) is 3.32. The Kier molecular flexibility index (Phi) is 7.70. The standard InChI is InChI=1S/C23H21ClF2N4O4S/c1-11-15(25)5-13(6-16(11)26)17-9-30(29-28-17)20-21(32)18(10-31)34-23(22(20)33-2)35-19-7-14(24)4-3-12(19)8-27/h3-7,9,18,20-23,31-32H,10H2,1-2H3/t18-,20+,21+,22-,23-/m1/s1. The molecular weight excluding hydrogens is 502 g/mol. The van der Waals surface area contributed by atoms with Crippen molar-refractivity contribution in [3.8, 4) is 17.3 Å². The van der Waals surface area contributed by atoms with Gasteiger partial charge in [0.1, 0.15) is 53.2 Å². The van der Waals surface area contributed by atoms with E-state index in [1.54, 1.807) is 18.2 Å². The van der Waals surface area contributed by atoms with Crippen LogP contribution in [0.5, 0.6) is 0 Å². The highest BCUT2D eigenvalue weighted by molar-refractivity contribution is 7.99. The second-order valence-corrected chi connectivity index (χ2v) is 9.50. The number of nitriles is 1. The lowest BCUT2D eigenvalue weighted by atomic mass is 9.97. The predicted molar refractivity (Wildman–Crippen MR) is 124 cm³/mol. The number of nitrogens with zero attached hydrogens (tertiary/aromatic N) is 4. The first-order valence-electron chi connectivity index (χ1n) is 10.5. The van der Waals surface area contributed by atoms with Crippen molar-refractivity contribution in [3.05, 3.63) is 64.3 Å². The first-order chi connectivity index (χ1) is 16.8. The molecule has 2 aromatic carbocycles. The highest BCUT2D eigenvalue weighted by atomic mass is 35.5. The number of rotatable bonds is 6. The highest BCUT2D eigenvalue weighted by Gasteiger charge is 2.47. The van der Waals surface area contributed by atoms with Gasteiger partial charge in [-0.3, -0.25) is 0 Å². The maximum absolute atomic E-state index is 14.1. The fourth-order valence-corrected chi connectivity index (χ4v) is 5.40. The third-order valence-electron chi connectivity index (χ3n) is 5.80. The van der Waals surface area contributed by atoms with Gasteiger partial charge in [-0.1, -0.05) is 28.6 Å². The summed E-state index contributed by atoms with van der Waals surface area (Å²) < 4.78 is 41.1. The van der Waals surface area contributed by atoms with Gasteiger partial charge in [0.2, 0.25) is 0 Å². The van der Waals surface area contributed by atoms with Crippen molar-refractivity contribution in [2.75, 3.05) is 13.7 Å². The van der Waals surface area contributed by atoms with Crippen LogP contribution in [0.2, 0.25) is 5.02 Å². The van der Waals surface area contributed by atoms with E-state index in [2.05, 4.69) is 16.4 Å². The molecular formula is C23H21ClF2N4O4S. The number of hydrogen-bond donors (Lipinski definition) is 2. The number of aliphatic hydroxyl groups excluding tert-OH is 2. The minimum Gasteiger partial charge on any atom is -0.394 e. The van der Waals surface area contributed by atoms with Gasteiger partial charge in [-0.15, -0.1) is 5.10 Å². The molecule has 12 heteroatoms. The Labute approximate surface area is 209 Å². The van der Waals surface area contributed by atoms with E-state index in [0.29, 0.717) is 15.5 Å². The van der Waals surface area contributed by atoms with E-state index >= 15 is 0 Å². The maximum atomic E-state index is 14.1. The van der Waals surface area contributed by atoms with Gasteiger partial charge in [-0.05, 0) is 37.3 Å². The fourth-order valence-electron chi connectivity index (χ4n) is 3.87. The molecule has 4 rings (SSSR count). The maximum Gasteiger partial charge on any atom is 0.136 e. The predicted octanol–water partition coefficient (Wildman–Crippen LogP) is 3.48. The Morgan fingerprint density at radius 3 is 2.63 bits per heavy atom. The third kappa shape index (κ3) is 5.04. The molecule has 1 aromatic heterocycles. The molecule has 35 heavy (non-hydrogen) atoms. The minimum atomic E-state index is -1.25. The van der Waals surface area contributed by atoms with E-state index in [4.69, 9.17) is 21.1 Å². The Bertz CT molecular complexity index is 1250. The Balaban J connectivity index is 1.70. The van der Waals surface area contributed by atoms with Crippen molar-refractivity contribution < 1.29 is 28.5 Å². The Morgan fingerprint density at radius 1 is 1.29 bits per heavy atom. The van der Waals surface area contributed by atoms with Gasteiger partial charge in [0.05, 0.1) is 18.4 Å².